The Morgan fingerprint density at radius 2 is 1.18 bits per heavy atom. The maximum Gasteiger partial charge on any atom is 0.469 e. The lowest BCUT2D eigenvalue weighted by atomic mass is 10.1. The highest BCUT2D eigenvalue weighted by Crippen LogP contribution is 2.36. The maximum absolute atomic E-state index is 12.4. The largest absolute Gasteiger partial charge is 0.469 e. The topological polar surface area (TPSA) is 140 Å². The molecule has 3 N–H and O–H groups in total. The Hall–Kier alpha value is -2.55. The number of aliphatic hydroxyl groups excluding tert-OH is 1. The number of aliphatic hydroxyl groups is 1. The number of carbonyl (C=O) groups excluding carboxylic acids is 2. The zero-order valence-electron chi connectivity index (χ0n) is 31.6. The Bertz CT molecular complexity index is 1070. The van der Waals surface area contributed by atoms with Gasteiger partial charge in [0, 0.05) is 12.8 Å². The fraction of sp³-hybridized carbons (Fsp3) is 0.659. The van der Waals surface area contributed by atoms with E-state index in [0.717, 1.165) is 57.8 Å². The monoisotopic (exact) mass is 736 g/mol. The number of esters is 2. The minimum atomic E-state index is -4.78. The van der Waals surface area contributed by atoms with Crippen LogP contribution < -0.4 is 0 Å². The normalized spacial score (nSPS) is 13.9. The highest BCUT2D eigenvalue weighted by atomic mass is 31.2. The van der Waals surface area contributed by atoms with Crippen LogP contribution in [0.3, 0.4) is 0 Å². The van der Waals surface area contributed by atoms with Crippen LogP contribution in [0.25, 0.3) is 0 Å². The molecule has 292 valence electrons. The van der Waals surface area contributed by atoms with E-state index in [4.69, 9.17) is 19.3 Å². The maximum atomic E-state index is 12.4. The van der Waals surface area contributed by atoms with Crippen LogP contribution in [0.15, 0.2) is 72.9 Å². The fourth-order valence-corrected chi connectivity index (χ4v) is 5.25. The number of allylic oxidation sites excluding steroid dienone is 10. The van der Waals surface area contributed by atoms with Gasteiger partial charge in [-0.3, -0.25) is 14.1 Å². The minimum absolute atomic E-state index is 0.166. The molecule has 9 nitrogen and oxygen atoms in total. The molecule has 0 aliphatic rings. The first-order valence-electron chi connectivity index (χ1n) is 19.3. The SMILES string of the molecule is CC/C=C\C(O)C/C=C/C=C\C/C=C\C/C=C\CCCC(=O)OC[C@H](COP(=O)(O)O)OC(=O)CCCCCCC/C=C\CCCCCCCC. The molecule has 0 spiro atoms. The third-order valence-corrected chi connectivity index (χ3v) is 8.27. The lowest BCUT2D eigenvalue weighted by Gasteiger charge is -2.18. The second-order valence-electron chi connectivity index (χ2n) is 12.7. The molecule has 51 heavy (non-hydrogen) atoms. The van der Waals surface area contributed by atoms with Crippen LogP contribution in [0.2, 0.25) is 0 Å². The van der Waals surface area contributed by atoms with E-state index in [1.807, 2.05) is 55.5 Å². The van der Waals surface area contributed by atoms with E-state index in [9.17, 15) is 19.3 Å². The Kier molecular flexibility index (Phi) is 34.0. The van der Waals surface area contributed by atoms with E-state index in [0.29, 0.717) is 25.7 Å². The zero-order chi connectivity index (χ0) is 37.7. The summed E-state index contributed by atoms with van der Waals surface area (Å²) in [5, 5.41) is 9.73. The molecule has 0 amide bonds. The standard InChI is InChI=1S/C41H69O9P/c1-3-5-7-8-9-10-11-12-13-14-19-22-25-28-31-35-41(44)50-39(37-49-51(45,46)47)36-48-40(43)34-30-27-24-21-18-16-15-17-20-23-26-29-33-38(42)32-6-4-2/h6,12-13,15-16,20-21,23-24,26,29,32,38-39,42H,3-5,7-11,14,17-19,22,25,27-28,30-31,33-37H2,1-2H3,(H2,45,46,47)/b13-12-,16-15-,23-20-,24-21-,29-26+,32-6-/t38?,39-/m1/s1. The van der Waals surface area contributed by atoms with Crippen LogP contribution in [-0.2, 0) is 28.2 Å². The number of ether oxygens (including phenoxy) is 2. The summed E-state index contributed by atoms with van der Waals surface area (Å²) < 4.78 is 26.2. The molecule has 0 saturated carbocycles. The molecule has 2 atom stereocenters. The zero-order valence-corrected chi connectivity index (χ0v) is 32.5. The van der Waals surface area contributed by atoms with Gasteiger partial charge in [-0.1, -0.05) is 138 Å². The Balaban J connectivity index is 4.12. The van der Waals surface area contributed by atoms with Crippen molar-refractivity contribution in [1.82, 2.24) is 0 Å². The van der Waals surface area contributed by atoms with Crippen molar-refractivity contribution in [3.05, 3.63) is 72.9 Å². The molecule has 0 bridgehead atoms. The average Bonchev–Trinajstić information content (AvgIpc) is 3.09. The Labute approximate surface area is 309 Å². The lowest BCUT2D eigenvalue weighted by molar-refractivity contribution is -0.161. The van der Waals surface area contributed by atoms with Gasteiger partial charge in [-0.05, 0) is 70.6 Å². The minimum Gasteiger partial charge on any atom is -0.462 e. The van der Waals surface area contributed by atoms with Gasteiger partial charge in [0.1, 0.15) is 6.61 Å². The van der Waals surface area contributed by atoms with Crippen molar-refractivity contribution in [2.75, 3.05) is 13.2 Å². The first kappa shape index (κ1) is 48.5. The van der Waals surface area contributed by atoms with Crippen molar-refractivity contribution in [3.63, 3.8) is 0 Å². The van der Waals surface area contributed by atoms with Crippen molar-refractivity contribution in [3.8, 4) is 0 Å². The molecule has 0 aromatic heterocycles. The number of carbonyl (C=O) groups is 2. The van der Waals surface area contributed by atoms with Crippen molar-refractivity contribution in [2.45, 2.75) is 161 Å². The first-order chi connectivity index (χ1) is 24.7. The van der Waals surface area contributed by atoms with Crippen LogP contribution in [0.4, 0.5) is 0 Å². The van der Waals surface area contributed by atoms with E-state index in [1.54, 1.807) is 0 Å². The number of rotatable bonds is 34. The molecule has 0 aliphatic heterocycles. The number of phosphoric acid groups is 1. The molecule has 0 heterocycles. The number of hydrogen-bond donors (Lipinski definition) is 3. The highest BCUT2D eigenvalue weighted by molar-refractivity contribution is 7.46. The molecular weight excluding hydrogens is 667 g/mol. The van der Waals surface area contributed by atoms with Crippen LogP contribution in [0.1, 0.15) is 149 Å². The van der Waals surface area contributed by atoms with Gasteiger partial charge in [-0.2, -0.15) is 0 Å². The Morgan fingerprint density at radius 1 is 0.627 bits per heavy atom. The van der Waals surface area contributed by atoms with Crippen LogP contribution in [0, 0.1) is 0 Å². The number of phosphoric ester groups is 1. The molecule has 1 unspecified atom stereocenters. The molecule has 0 radical (unpaired) electrons. The summed E-state index contributed by atoms with van der Waals surface area (Å²) in [5.74, 6) is -0.993. The molecule has 0 aromatic carbocycles. The number of hydrogen-bond acceptors (Lipinski definition) is 7. The molecule has 0 saturated heterocycles. The Morgan fingerprint density at radius 3 is 1.84 bits per heavy atom. The summed E-state index contributed by atoms with van der Waals surface area (Å²) in [4.78, 5) is 42.7. The third kappa shape index (κ3) is 38.5. The quantitative estimate of drug-likeness (QED) is 0.0194. The van der Waals surface area contributed by atoms with Crippen LogP contribution in [-0.4, -0.2) is 52.3 Å². The summed E-state index contributed by atoms with van der Waals surface area (Å²) in [6.45, 7) is 3.37. The summed E-state index contributed by atoms with van der Waals surface area (Å²) in [6, 6.07) is 0. The van der Waals surface area contributed by atoms with E-state index >= 15 is 0 Å². The second-order valence-corrected chi connectivity index (χ2v) is 14.0. The third-order valence-electron chi connectivity index (χ3n) is 7.78. The highest BCUT2D eigenvalue weighted by Gasteiger charge is 2.22. The number of unbranched alkanes of at least 4 members (excludes halogenated alkanes) is 12. The summed E-state index contributed by atoms with van der Waals surface area (Å²) in [5.41, 5.74) is 0. The van der Waals surface area contributed by atoms with Crippen molar-refractivity contribution in [2.24, 2.45) is 0 Å². The first-order valence-corrected chi connectivity index (χ1v) is 20.9. The predicted octanol–water partition coefficient (Wildman–Crippen LogP) is 10.5. The van der Waals surface area contributed by atoms with Gasteiger partial charge >= 0.3 is 19.8 Å². The van der Waals surface area contributed by atoms with E-state index < -0.39 is 38.6 Å². The molecule has 0 fully saturated rings. The van der Waals surface area contributed by atoms with Gasteiger partial charge in [0.2, 0.25) is 0 Å². The van der Waals surface area contributed by atoms with Crippen molar-refractivity contribution >= 4 is 19.8 Å². The van der Waals surface area contributed by atoms with Gasteiger partial charge in [-0.15, -0.1) is 0 Å². The lowest BCUT2D eigenvalue weighted by Crippen LogP contribution is -2.29. The molecular formula is C41H69O9P. The van der Waals surface area contributed by atoms with Gasteiger partial charge in [0.05, 0.1) is 12.7 Å². The molecule has 0 aromatic rings. The molecule has 0 rings (SSSR count). The van der Waals surface area contributed by atoms with Crippen molar-refractivity contribution in [1.29, 1.82) is 0 Å². The fourth-order valence-electron chi connectivity index (χ4n) is 4.89. The molecule has 0 aliphatic carbocycles. The second kappa shape index (κ2) is 35.8. The summed E-state index contributed by atoms with van der Waals surface area (Å²) in [7, 11) is -4.78. The summed E-state index contributed by atoms with van der Waals surface area (Å²) >= 11 is 0. The van der Waals surface area contributed by atoms with E-state index in [2.05, 4.69) is 35.8 Å². The predicted molar refractivity (Wildman–Crippen MR) is 208 cm³/mol. The molecule has 10 heteroatoms. The van der Waals surface area contributed by atoms with E-state index in [1.165, 1.54) is 38.5 Å². The van der Waals surface area contributed by atoms with Gasteiger partial charge in [0.25, 0.3) is 0 Å². The smallest absolute Gasteiger partial charge is 0.462 e. The van der Waals surface area contributed by atoms with Gasteiger partial charge in [0.15, 0.2) is 6.10 Å². The summed E-state index contributed by atoms with van der Waals surface area (Å²) in [6.07, 6.45) is 42.5. The average molecular weight is 737 g/mol. The van der Waals surface area contributed by atoms with E-state index in [-0.39, 0.29) is 19.4 Å². The van der Waals surface area contributed by atoms with Gasteiger partial charge < -0.3 is 24.4 Å². The van der Waals surface area contributed by atoms with Crippen molar-refractivity contribution < 1.29 is 43.0 Å². The van der Waals surface area contributed by atoms with Crippen LogP contribution >= 0.6 is 7.82 Å². The van der Waals surface area contributed by atoms with Crippen LogP contribution in [0.5, 0.6) is 0 Å². The van der Waals surface area contributed by atoms with Gasteiger partial charge in [-0.25, -0.2) is 4.57 Å².